The fourth-order valence-electron chi connectivity index (χ4n) is 1.87. The van der Waals surface area contributed by atoms with Crippen LogP contribution in [0.1, 0.15) is 29.4 Å². The fraction of sp³-hybridized carbons (Fsp3) is 0.286. The smallest absolute Gasteiger partial charge is 0.271 e. The molecule has 1 atom stereocenters. The molecule has 100 valence electrons. The minimum atomic E-state index is -0.212. The van der Waals surface area contributed by atoms with Crippen molar-refractivity contribution in [1.29, 1.82) is 0 Å². The minimum absolute atomic E-state index is 0.0791. The Morgan fingerprint density at radius 1 is 1.42 bits per heavy atom. The number of aromatic amines is 1. The highest BCUT2D eigenvalue weighted by molar-refractivity contribution is 5.97. The minimum Gasteiger partial charge on any atom is -0.396 e. The Balaban J connectivity index is 1.83. The number of nitrogens with zero attached hydrogens (tertiary/aromatic N) is 1. The van der Waals surface area contributed by atoms with Gasteiger partial charge in [-0.3, -0.25) is 9.89 Å². The van der Waals surface area contributed by atoms with Gasteiger partial charge in [0.25, 0.3) is 5.91 Å². The van der Waals surface area contributed by atoms with Gasteiger partial charge < -0.3 is 11.1 Å². The molecule has 0 saturated heterocycles. The van der Waals surface area contributed by atoms with E-state index in [9.17, 15) is 4.79 Å². The molecule has 4 N–H and O–H groups in total. The molecule has 0 aliphatic carbocycles. The number of nitrogen functional groups attached to an aromatic ring is 1. The molecular weight excluding hydrogens is 240 g/mol. The number of rotatable bonds is 5. The highest BCUT2D eigenvalue weighted by Crippen LogP contribution is 2.08. The van der Waals surface area contributed by atoms with Gasteiger partial charge in [0.2, 0.25) is 0 Å². The molecule has 1 aromatic heterocycles. The van der Waals surface area contributed by atoms with Gasteiger partial charge in [-0.25, -0.2) is 0 Å². The largest absolute Gasteiger partial charge is 0.396 e. The second-order valence-electron chi connectivity index (χ2n) is 4.60. The van der Waals surface area contributed by atoms with E-state index in [2.05, 4.69) is 27.6 Å². The highest BCUT2D eigenvalue weighted by Gasteiger charge is 2.14. The Labute approximate surface area is 112 Å². The van der Waals surface area contributed by atoms with Gasteiger partial charge in [0.1, 0.15) is 5.69 Å². The van der Waals surface area contributed by atoms with E-state index in [-0.39, 0.29) is 11.9 Å². The monoisotopic (exact) mass is 258 g/mol. The van der Waals surface area contributed by atoms with Crippen LogP contribution in [0.2, 0.25) is 0 Å². The van der Waals surface area contributed by atoms with Crippen LogP contribution in [-0.2, 0) is 6.42 Å². The predicted octanol–water partition coefficient (Wildman–Crippen LogP) is 1.74. The predicted molar refractivity (Wildman–Crippen MR) is 74.7 cm³/mol. The Hall–Kier alpha value is -2.30. The molecule has 0 saturated carbocycles. The molecule has 0 aliphatic rings. The maximum absolute atomic E-state index is 11.9. The number of H-pyrrole nitrogens is 1. The third-order valence-corrected chi connectivity index (χ3v) is 2.98. The average molecular weight is 258 g/mol. The first-order valence-corrected chi connectivity index (χ1v) is 6.30. The van der Waals surface area contributed by atoms with Crippen molar-refractivity contribution < 1.29 is 4.79 Å². The van der Waals surface area contributed by atoms with Crippen molar-refractivity contribution in [2.45, 2.75) is 25.8 Å². The van der Waals surface area contributed by atoms with Gasteiger partial charge in [0, 0.05) is 6.04 Å². The number of anilines is 1. The van der Waals surface area contributed by atoms with Crippen LogP contribution in [0.25, 0.3) is 0 Å². The number of benzene rings is 1. The van der Waals surface area contributed by atoms with E-state index in [4.69, 9.17) is 5.73 Å². The molecule has 0 spiro atoms. The molecule has 0 radical (unpaired) electrons. The number of carbonyl (C=O) groups is 1. The summed E-state index contributed by atoms with van der Waals surface area (Å²) in [6.07, 6.45) is 3.24. The molecule has 2 rings (SSSR count). The zero-order chi connectivity index (χ0) is 13.7. The molecule has 19 heavy (non-hydrogen) atoms. The molecule has 0 aliphatic heterocycles. The first-order valence-electron chi connectivity index (χ1n) is 6.30. The standard InChI is InChI=1S/C14H18N4O/c1-10(7-8-11-5-3-2-4-6-11)17-14(19)13-12(15)9-16-18-13/h2-6,9-10H,7-8,15H2,1H3,(H,16,18)(H,17,19). The SMILES string of the molecule is CC(CCc1ccccc1)NC(=O)c1[nH]ncc1N. The lowest BCUT2D eigenvalue weighted by Crippen LogP contribution is -2.33. The molecule has 1 unspecified atom stereocenters. The Morgan fingerprint density at radius 2 is 2.16 bits per heavy atom. The number of aromatic nitrogens is 2. The third-order valence-electron chi connectivity index (χ3n) is 2.98. The van der Waals surface area contributed by atoms with E-state index in [0.29, 0.717) is 11.4 Å². The van der Waals surface area contributed by atoms with E-state index in [1.807, 2.05) is 25.1 Å². The molecule has 2 aromatic rings. The molecule has 1 amide bonds. The first kappa shape index (κ1) is 13.1. The lowest BCUT2D eigenvalue weighted by atomic mass is 10.1. The van der Waals surface area contributed by atoms with Crippen LogP contribution in [-0.4, -0.2) is 22.1 Å². The van der Waals surface area contributed by atoms with Crippen LogP contribution < -0.4 is 11.1 Å². The zero-order valence-electron chi connectivity index (χ0n) is 10.9. The molecule has 0 bridgehead atoms. The summed E-state index contributed by atoms with van der Waals surface area (Å²) >= 11 is 0. The van der Waals surface area contributed by atoms with Crippen molar-refractivity contribution in [3.8, 4) is 0 Å². The van der Waals surface area contributed by atoms with Crippen molar-refractivity contribution >= 4 is 11.6 Å². The number of hydrogen-bond acceptors (Lipinski definition) is 3. The number of nitrogens with two attached hydrogens (primary N) is 1. The van der Waals surface area contributed by atoms with Crippen LogP contribution in [0, 0.1) is 0 Å². The van der Waals surface area contributed by atoms with Gasteiger partial charge in [-0.05, 0) is 25.3 Å². The van der Waals surface area contributed by atoms with Gasteiger partial charge in [0.05, 0.1) is 11.9 Å². The number of nitrogens with one attached hydrogen (secondary N) is 2. The zero-order valence-corrected chi connectivity index (χ0v) is 10.9. The highest BCUT2D eigenvalue weighted by atomic mass is 16.2. The maximum Gasteiger partial charge on any atom is 0.271 e. The van der Waals surface area contributed by atoms with Gasteiger partial charge in [0.15, 0.2) is 0 Å². The lowest BCUT2D eigenvalue weighted by molar-refractivity contribution is 0.0934. The van der Waals surface area contributed by atoms with Crippen molar-refractivity contribution in [3.05, 3.63) is 47.8 Å². The van der Waals surface area contributed by atoms with E-state index in [0.717, 1.165) is 12.8 Å². The number of aryl methyl sites for hydroxylation is 1. The number of hydrogen-bond donors (Lipinski definition) is 3. The average Bonchev–Trinajstić information content (AvgIpc) is 2.84. The third kappa shape index (κ3) is 3.58. The fourth-order valence-corrected chi connectivity index (χ4v) is 1.87. The number of carbonyl (C=O) groups excluding carboxylic acids is 1. The van der Waals surface area contributed by atoms with Gasteiger partial charge in [-0.15, -0.1) is 0 Å². The van der Waals surface area contributed by atoms with Crippen LogP contribution in [0.15, 0.2) is 36.5 Å². The van der Waals surface area contributed by atoms with Crippen molar-refractivity contribution in [1.82, 2.24) is 15.5 Å². The molecule has 5 heteroatoms. The summed E-state index contributed by atoms with van der Waals surface area (Å²) < 4.78 is 0. The quantitative estimate of drug-likeness (QED) is 0.763. The van der Waals surface area contributed by atoms with Gasteiger partial charge in [-0.1, -0.05) is 30.3 Å². The van der Waals surface area contributed by atoms with Crippen LogP contribution >= 0.6 is 0 Å². The van der Waals surface area contributed by atoms with Gasteiger partial charge >= 0.3 is 0 Å². The van der Waals surface area contributed by atoms with E-state index in [1.165, 1.54) is 11.8 Å². The first-order chi connectivity index (χ1) is 9.16. The molecule has 1 heterocycles. The van der Waals surface area contributed by atoms with Gasteiger partial charge in [-0.2, -0.15) is 5.10 Å². The van der Waals surface area contributed by atoms with Crippen molar-refractivity contribution in [2.75, 3.05) is 5.73 Å². The molecule has 1 aromatic carbocycles. The summed E-state index contributed by atoms with van der Waals surface area (Å²) in [5, 5.41) is 9.23. The van der Waals surface area contributed by atoms with Crippen LogP contribution in [0.4, 0.5) is 5.69 Å². The van der Waals surface area contributed by atoms with Crippen molar-refractivity contribution in [2.24, 2.45) is 0 Å². The van der Waals surface area contributed by atoms with E-state index < -0.39 is 0 Å². The van der Waals surface area contributed by atoms with Crippen LogP contribution in [0.5, 0.6) is 0 Å². The normalized spacial score (nSPS) is 12.1. The summed E-state index contributed by atoms with van der Waals surface area (Å²) in [6, 6.07) is 10.3. The molecule has 0 fully saturated rings. The summed E-state index contributed by atoms with van der Waals surface area (Å²) in [5.41, 5.74) is 7.59. The Bertz CT molecular complexity index is 535. The second-order valence-corrected chi connectivity index (χ2v) is 4.60. The maximum atomic E-state index is 11.9. The second kappa shape index (κ2) is 6.04. The Morgan fingerprint density at radius 3 is 2.79 bits per heavy atom. The number of amides is 1. The molecular formula is C14H18N4O. The Kier molecular flexibility index (Phi) is 4.18. The molecule has 5 nitrogen and oxygen atoms in total. The van der Waals surface area contributed by atoms with E-state index >= 15 is 0 Å². The summed E-state index contributed by atoms with van der Waals surface area (Å²) in [4.78, 5) is 11.9. The van der Waals surface area contributed by atoms with Crippen LogP contribution in [0.3, 0.4) is 0 Å². The topological polar surface area (TPSA) is 83.8 Å². The summed E-state index contributed by atoms with van der Waals surface area (Å²) in [6.45, 7) is 1.98. The van der Waals surface area contributed by atoms with Crippen molar-refractivity contribution in [3.63, 3.8) is 0 Å². The summed E-state index contributed by atoms with van der Waals surface area (Å²) in [7, 11) is 0. The van der Waals surface area contributed by atoms with E-state index in [1.54, 1.807) is 0 Å². The summed E-state index contributed by atoms with van der Waals surface area (Å²) in [5.74, 6) is -0.212. The lowest BCUT2D eigenvalue weighted by Gasteiger charge is -2.13.